The van der Waals surface area contributed by atoms with Crippen molar-refractivity contribution in [3.63, 3.8) is 0 Å². The fourth-order valence-electron chi connectivity index (χ4n) is 2.15. The topological polar surface area (TPSA) is 59.2 Å². The zero-order chi connectivity index (χ0) is 13.5. The molecule has 0 unspecified atom stereocenters. The summed E-state index contributed by atoms with van der Waals surface area (Å²) >= 11 is 0. The first-order valence-corrected chi connectivity index (χ1v) is 6.10. The second kappa shape index (κ2) is 4.12. The van der Waals surface area contributed by atoms with Gasteiger partial charge < -0.3 is 19.8 Å². The number of nitrogens with one attached hydrogen (secondary N) is 2. The molecule has 0 fully saturated rings. The minimum Gasteiger partial charge on any atom is -0.454 e. The van der Waals surface area contributed by atoms with Crippen molar-refractivity contribution in [3.8, 4) is 11.5 Å². The Hall–Kier alpha value is -2.76. The first-order chi connectivity index (χ1) is 9.79. The summed E-state index contributed by atoms with van der Waals surface area (Å²) in [6, 6.07) is 10.0. The highest BCUT2D eigenvalue weighted by atomic mass is 19.1. The van der Waals surface area contributed by atoms with E-state index in [4.69, 9.17) is 9.47 Å². The highest BCUT2D eigenvalue weighted by molar-refractivity contribution is 5.82. The Morgan fingerprint density at radius 3 is 2.80 bits per heavy atom. The van der Waals surface area contributed by atoms with Crippen LogP contribution in [0.4, 0.5) is 16.0 Å². The number of anilines is 2. The molecule has 100 valence electrons. The Labute approximate surface area is 113 Å². The molecule has 5 nitrogen and oxygen atoms in total. The van der Waals surface area contributed by atoms with Crippen LogP contribution in [-0.4, -0.2) is 16.8 Å². The molecule has 0 saturated heterocycles. The second-order valence-corrected chi connectivity index (χ2v) is 4.41. The van der Waals surface area contributed by atoms with Crippen LogP contribution in [0.25, 0.3) is 11.0 Å². The molecule has 0 aliphatic carbocycles. The number of nitrogens with zero attached hydrogens (tertiary/aromatic N) is 1. The van der Waals surface area contributed by atoms with Crippen LogP contribution in [0, 0.1) is 5.82 Å². The molecule has 0 bridgehead atoms. The minimum atomic E-state index is -0.331. The number of halogens is 1. The molecule has 0 spiro atoms. The fourth-order valence-corrected chi connectivity index (χ4v) is 2.15. The van der Waals surface area contributed by atoms with Gasteiger partial charge in [-0.2, -0.15) is 0 Å². The quantitative estimate of drug-likeness (QED) is 0.751. The van der Waals surface area contributed by atoms with Crippen LogP contribution in [0.5, 0.6) is 11.5 Å². The van der Waals surface area contributed by atoms with Gasteiger partial charge in [0, 0.05) is 12.1 Å². The van der Waals surface area contributed by atoms with Crippen LogP contribution in [0.2, 0.25) is 0 Å². The van der Waals surface area contributed by atoms with Gasteiger partial charge in [-0.1, -0.05) is 12.1 Å². The summed E-state index contributed by atoms with van der Waals surface area (Å²) in [5.74, 6) is 1.48. The lowest BCUT2D eigenvalue weighted by Crippen LogP contribution is -1.94. The average molecular weight is 271 g/mol. The number of aromatic nitrogens is 2. The van der Waals surface area contributed by atoms with E-state index in [2.05, 4.69) is 15.3 Å². The van der Waals surface area contributed by atoms with Crippen molar-refractivity contribution in [2.45, 2.75) is 0 Å². The van der Waals surface area contributed by atoms with Crippen molar-refractivity contribution in [2.24, 2.45) is 0 Å². The summed E-state index contributed by atoms with van der Waals surface area (Å²) in [7, 11) is 0. The third-order valence-electron chi connectivity index (χ3n) is 3.10. The number of benzene rings is 2. The van der Waals surface area contributed by atoms with E-state index in [9.17, 15) is 4.39 Å². The van der Waals surface area contributed by atoms with Gasteiger partial charge in [-0.05, 0) is 12.1 Å². The Morgan fingerprint density at radius 2 is 1.95 bits per heavy atom. The number of aromatic amines is 1. The van der Waals surface area contributed by atoms with E-state index < -0.39 is 0 Å². The molecule has 2 aromatic carbocycles. The largest absolute Gasteiger partial charge is 0.454 e. The van der Waals surface area contributed by atoms with Crippen molar-refractivity contribution in [1.29, 1.82) is 0 Å². The molecule has 2 N–H and O–H groups in total. The minimum absolute atomic E-state index is 0.224. The first-order valence-electron chi connectivity index (χ1n) is 6.10. The molecule has 0 amide bonds. The lowest BCUT2D eigenvalue weighted by atomic mass is 10.3. The van der Waals surface area contributed by atoms with Crippen LogP contribution in [-0.2, 0) is 0 Å². The molecule has 1 aliphatic rings. The Bertz CT molecular complexity index is 759. The van der Waals surface area contributed by atoms with Crippen LogP contribution in [0.1, 0.15) is 0 Å². The van der Waals surface area contributed by atoms with Crippen molar-refractivity contribution in [1.82, 2.24) is 9.97 Å². The van der Waals surface area contributed by atoms with Gasteiger partial charge in [0.05, 0.1) is 16.7 Å². The number of fused-ring (bicyclic) bond motifs is 2. The molecule has 6 heteroatoms. The Kier molecular flexibility index (Phi) is 2.29. The molecule has 1 aromatic heterocycles. The molecule has 0 atom stereocenters. The molecule has 0 radical (unpaired) electrons. The van der Waals surface area contributed by atoms with Gasteiger partial charge in [-0.3, -0.25) is 0 Å². The van der Waals surface area contributed by atoms with Gasteiger partial charge >= 0.3 is 0 Å². The van der Waals surface area contributed by atoms with Gasteiger partial charge in [0.15, 0.2) is 11.5 Å². The highest BCUT2D eigenvalue weighted by Crippen LogP contribution is 2.35. The predicted octanol–water partition coefficient (Wildman–Crippen LogP) is 3.17. The smallest absolute Gasteiger partial charge is 0.231 e. The van der Waals surface area contributed by atoms with Crippen molar-refractivity contribution in [2.75, 3.05) is 12.1 Å². The number of para-hydroxylation sites is 1. The van der Waals surface area contributed by atoms with Crippen molar-refractivity contribution >= 4 is 22.7 Å². The molecular weight excluding hydrogens is 261 g/mol. The van der Waals surface area contributed by atoms with Gasteiger partial charge in [0.25, 0.3) is 0 Å². The van der Waals surface area contributed by atoms with Crippen molar-refractivity contribution < 1.29 is 13.9 Å². The summed E-state index contributed by atoms with van der Waals surface area (Å²) in [5, 5.41) is 2.91. The van der Waals surface area contributed by atoms with E-state index in [1.165, 1.54) is 6.07 Å². The van der Waals surface area contributed by atoms with Crippen LogP contribution < -0.4 is 14.8 Å². The maximum atomic E-state index is 13.6. The van der Waals surface area contributed by atoms with Crippen molar-refractivity contribution in [3.05, 3.63) is 42.2 Å². The standard InChI is InChI=1S/C14H10FN3O2/c15-8-3-1-2-4-9(8)16-14-17-10-5-12-13(20-7-19-12)6-11(10)18-14/h1-6H,7H2,(H2,16,17,18). The van der Waals surface area contributed by atoms with E-state index in [0.29, 0.717) is 23.1 Å². The summed E-state index contributed by atoms with van der Waals surface area (Å²) < 4.78 is 24.2. The van der Waals surface area contributed by atoms with Gasteiger partial charge in [0.2, 0.25) is 12.7 Å². The van der Waals surface area contributed by atoms with Gasteiger partial charge in [0.1, 0.15) is 5.82 Å². The highest BCUT2D eigenvalue weighted by Gasteiger charge is 2.16. The summed E-state index contributed by atoms with van der Waals surface area (Å²) in [6.45, 7) is 0.224. The second-order valence-electron chi connectivity index (χ2n) is 4.41. The Morgan fingerprint density at radius 1 is 1.15 bits per heavy atom. The predicted molar refractivity (Wildman–Crippen MR) is 71.9 cm³/mol. The summed E-state index contributed by atoms with van der Waals surface area (Å²) in [6.07, 6.45) is 0. The van der Waals surface area contributed by atoms with Gasteiger partial charge in [-0.15, -0.1) is 0 Å². The van der Waals surface area contributed by atoms with Crippen LogP contribution in [0.3, 0.4) is 0 Å². The average Bonchev–Trinajstić information content (AvgIpc) is 3.03. The number of hydrogen-bond acceptors (Lipinski definition) is 4. The van der Waals surface area contributed by atoms with E-state index in [0.717, 1.165) is 11.0 Å². The molecule has 3 aromatic rings. The maximum Gasteiger partial charge on any atom is 0.231 e. The number of ether oxygens (including phenoxy) is 2. The number of H-pyrrole nitrogens is 1. The number of imidazole rings is 1. The number of hydrogen-bond donors (Lipinski definition) is 2. The SMILES string of the molecule is Fc1ccccc1Nc1nc2cc3c(cc2[nH]1)OCO3. The van der Waals surface area contributed by atoms with E-state index in [1.807, 2.05) is 6.07 Å². The third kappa shape index (κ3) is 1.73. The molecular formula is C14H10FN3O2. The lowest BCUT2D eigenvalue weighted by molar-refractivity contribution is 0.174. The van der Waals surface area contributed by atoms with E-state index >= 15 is 0 Å². The van der Waals surface area contributed by atoms with E-state index in [1.54, 1.807) is 24.3 Å². The molecule has 2 heterocycles. The molecule has 20 heavy (non-hydrogen) atoms. The Balaban J connectivity index is 1.73. The van der Waals surface area contributed by atoms with Gasteiger partial charge in [-0.25, -0.2) is 9.37 Å². The molecule has 1 aliphatic heterocycles. The molecule has 0 saturated carbocycles. The fraction of sp³-hybridized carbons (Fsp3) is 0.0714. The normalized spacial score (nSPS) is 12.8. The van der Waals surface area contributed by atoms with Crippen LogP contribution in [0.15, 0.2) is 36.4 Å². The zero-order valence-corrected chi connectivity index (χ0v) is 10.3. The lowest BCUT2D eigenvalue weighted by Gasteiger charge is -2.02. The summed E-state index contributed by atoms with van der Waals surface area (Å²) in [5.41, 5.74) is 1.90. The zero-order valence-electron chi connectivity index (χ0n) is 10.3. The first kappa shape index (κ1) is 11.1. The molecule has 4 rings (SSSR count). The monoisotopic (exact) mass is 271 g/mol. The number of rotatable bonds is 2. The third-order valence-corrected chi connectivity index (χ3v) is 3.10. The van der Waals surface area contributed by atoms with Crippen LogP contribution >= 0.6 is 0 Å². The van der Waals surface area contributed by atoms with E-state index in [-0.39, 0.29) is 12.6 Å². The maximum absolute atomic E-state index is 13.6. The summed E-state index contributed by atoms with van der Waals surface area (Å²) in [4.78, 5) is 7.43.